The van der Waals surface area contributed by atoms with E-state index in [1.165, 1.54) is 0 Å². The van der Waals surface area contributed by atoms with Crippen LogP contribution in [-0.2, 0) is 0 Å². The fraction of sp³-hybridized carbons (Fsp3) is 0.200. The van der Waals surface area contributed by atoms with E-state index < -0.39 is 0 Å². The highest BCUT2D eigenvalue weighted by Crippen LogP contribution is 2.15. The summed E-state index contributed by atoms with van der Waals surface area (Å²) in [4.78, 5) is 16.5. The molecule has 0 aliphatic rings. The molecule has 5 nitrogen and oxygen atoms in total. The number of ether oxygens (including phenoxy) is 1. The zero-order chi connectivity index (χ0) is 18.2. The van der Waals surface area contributed by atoms with Crippen LogP contribution in [0.25, 0.3) is 5.69 Å². The van der Waals surface area contributed by atoms with Crippen molar-refractivity contribution in [3.63, 3.8) is 0 Å². The molecule has 3 rings (SSSR count). The SMILES string of the molecule is O=C(NCCCCOc1ccc(Cl)cc1)c1cncn1-c1ccccc1. The van der Waals surface area contributed by atoms with E-state index in [9.17, 15) is 4.79 Å². The van der Waals surface area contributed by atoms with Gasteiger partial charge >= 0.3 is 0 Å². The van der Waals surface area contributed by atoms with Crippen molar-refractivity contribution in [2.75, 3.05) is 13.2 Å². The molecule has 1 heterocycles. The predicted octanol–water partition coefficient (Wildman–Crippen LogP) is 4.11. The van der Waals surface area contributed by atoms with E-state index >= 15 is 0 Å². The number of unbranched alkanes of at least 4 members (excludes halogenated alkanes) is 1. The van der Waals surface area contributed by atoms with Crippen molar-refractivity contribution in [2.45, 2.75) is 12.8 Å². The van der Waals surface area contributed by atoms with Gasteiger partial charge in [0, 0.05) is 17.3 Å². The summed E-state index contributed by atoms with van der Waals surface area (Å²) in [6.45, 7) is 1.18. The second-order valence-electron chi connectivity index (χ2n) is 5.75. The van der Waals surface area contributed by atoms with Crippen LogP contribution in [0.5, 0.6) is 5.75 Å². The normalized spacial score (nSPS) is 10.5. The number of nitrogens with zero attached hydrogens (tertiary/aromatic N) is 2. The molecule has 0 fully saturated rings. The van der Waals surface area contributed by atoms with Gasteiger partial charge in [-0.1, -0.05) is 29.8 Å². The van der Waals surface area contributed by atoms with Crippen LogP contribution in [0.3, 0.4) is 0 Å². The first kappa shape index (κ1) is 18.0. The summed E-state index contributed by atoms with van der Waals surface area (Å²) in [6.07, 6.45) is 4.90. The predicted molar refractivity (Wildman–Crippen MR) is 102 cm³/mol. The third-order valence-electron chi connectivity index (χ3n) is 3.84. The molecule has 134 valence electrons. The minimum atomic E-state index is -0.134. The number of aromatic nitrogens is 2. The number of halogens is 1. The van der Waals surface area contributed by atoms with Crippen molar-refractivity contribution < 1.29 is 9.53 Å². The Kier molecular flexibility index (Phi) is 6.28. The van der Waals surface area contributed by atoms with Gasteiger partial charge in [-0.05, 0) is 49.2 Å². The lowest BCUT2D eigenvalue weighted by atomic mass is 10.3. The Labute approximate surface area is 157 Å². The molecule has 1 aromatic heterocycles. The molecule has 0 spiro atoms. The van der Waals surface area contributed by atoms with Crippen molar-refractivity contribution >= 4 is 17.5 Å². The minimum Gasteiger partial charge on any atom is -0.494 e. The lowest BCUT2D eigenvalue weighted by Gasteiger charge is -2.09. The molecule has 1 amide bonds. The van der Waals surface area contributed by atoms with Gasteiger partial charge in [0.15, 0.2) is 0 Å². The first-order chi connectivity index (χ1) is 12.7. The molecule has 0 saturated heterocycles. The average molecular weight is 370 g/mol. The third-order valence-corrected chi connectivity index (χ3v) is 4.10. The van der Waals surface area contributed by atoms with Gasteiger partial charge in [-0.3, -0.25) is 9.36 Å². The molecule has 0 aliphatic heterocycles. The van der Waals surface area contributed by atoms with E-state index in [1.807, 2.05) is 42.5 Å². The number of nitrogens with one attached hydrogen (secondary N) is 1. The number of hydrogen-bond acceptors (Lipinski definition) is 3. The Bertz CT molecular complexity index is 832. The number of para-hydroxylation sites is 1. The van der Waals surface area contributed by atoms with Crippen LogP contribution in [0, 0.1) is 0 Å². The summed E-state index contributed by atoms with van der Waals surface area (Å²) < 4.78 is 7.41. The third kappa shape index (κ3) is 4.86. The molecule has 0 radical (unpaired) electrons. The Hall–Kier alpha value is -2.79. The van der Waals surface area contributed by atoms with Crippen molar-refractivity contribution in [1.82, 2.24) is 14.9 Å². The van der Waals surface area contributed by atoms with E-state index in [-0.39, 0.29) is 5.91 Å². The highest BCUT2D eigenvalue weighted by molar-refractivity contribution is 6.30. The van der Waals surface area contributed by atoms with Gasteiger partial charge in [-0.25, -0.2) is 4.98 Å². The Balaban J connectivity index is 1.41. The number of amides is 1. The molecule has 0 bridgehead atoms. The zero-order valence-electron chi connectivity index (χ0n) is 14.3. The van der Waals surface area contributed by atoms with Gasteiger partial charge in [0.05, 0.1) is 19.1 Å². The molecule has 0 aliphatic carbocycles. The minimum absolute atomic E-state index is 0.134. The largest absolute Gasteiger partial charge is 0.494 e. The standard InChI is InChI=1S/C20H20ClN3O2/c21-16-8-10-18(11-9-16)26-13-5-4-12-23-20(25)19-14-22-15-24(19)17-6-2-1-3-7-17/h1-3,6-11,14-15H,4-5,12-13H2,(H,23,25). The number of benzene rings is 2. The van der Waals surface area contributed by atoms with Crippen molar-refractivity contribution in [2.24, 2.45) is 0 Å². The molecular weight excluding hydrogens is 350 g/mol. The van der Waals surface area contributed by atoms with Crippen molar-refractivity contribution in [3.05, 3.63) is 77.8 Å². The summed E-state index contributed by atoms with van der Waals surface area (Å²) in [7, 11) is 0. The van der Waals surface area contributed by atoms with E-state index in [4.69, 9.17) is 16.3 Å². The lowest BCUT2D eigenvalue weighted by molar-refractivity contribution is 0.0945. The van der Waals surface area contributed by atoms with Gasteiger partial charge in [0.2, 0.25) is 0 Å². The first-order valence-electron chi connectivity index (χ1n) is 8.48. The maximum Gasteiger partial charge on any atom is 0.269 e. The van der Waals surface area contributed by atoms with Crippen LogP contribution >= 0.6 is 11.6 Å². The van der Waals surface area contributed by atoms with Gasteiger partial charge in [0.1, 0.15) is 11.4 Å². The highest BCUT2D eigenvalue weighted by atomic mass is 35.5. The van der Waals surface area contributed by atoms with Crippen LogP contribution in [0.4, 0.5) is 0 Å². The smallest absolute Gasteiger partial charge is 0.269 e. The van der Waals surface area contributed by atoms with Gasteiger partial charge in [-0.15, -0.1) is 0 Å². The molecule has 0 unspecified atom stereocenters. The second-order valence-corrected chi connectivity index (χ2v) is 6.19. The number of carbonyl (C=O) groups is 1. The molecule has 6 heteroatoms. The Morgan fingerprint density at radius 2 is 1.85 bits per heavy atom. The van der Waals surface area contributed by atoms with E-state index in [1.54, 1.807) is 29.2 Å². The number of rotatable bonds is 8. The molecule has 3 aromatic rings. The first-order valence-corrected chi connectivity index (χ1v) is 8.86. The van der Waals surface area contributed by atoms with Crippen LogP contribution in [-0.4, -0.2) is 28.6 Å². The maximum absolute atomic E-state index is 12.4. The summed E-state index contributed by atoms with van der Waals surface area (Å²) in [5.74, 6) is 0.662. The van der Waals surface area contributed by atoms with Crippen molar-refractivity contribution in [1.29, 1.82) is 0 Å². The van der Waals surface area contributed by atoms with E-state index in [2.05, 4.69) is 10.3 Å². The summed E-state index contributed by atoms with van der Waals surface area (Å²) >= 11 is 5.83. The lowest BCUT2D eigenvalue weighted by Crippen LogP contribution is -2.26. The number of carbonyl (C=O) groups excluding carboxylic acids is 1. The van der Waals surface area contributed by atoms with Crippen LogP contribution < -0.4 is 10.1 Å². The van der Waals surface area contributed by atoms with E-state index in [0.29, 0.717) is 23.9 Å². The number of hydrogen-bond donors (Lipinski definition) is 1. The fourth-order valence-electron chi connectivity index (χ4n) is 2.50. The molecule has 1 N–H and O–H groups in total. The maximum atomic E-state index is 12.4. The highest BCUT2D eigenvalue weighted by Gasteiger charge is 2.12. The van der Waals surface area contributed by atoms with Gasteiger partial charge < -0.3 is 10.1 Å². The average Bonchev–Trinajstić information content (AvgIpc) is 3.16. The van der Waals surface area contributed by atoms with Crippen LogP contribution in [0.1, 0.15) is 23.3 Å². The van der Waals surface area contributed by atoms with Gasteiger partial charge in [0.25, 0.3) is 5.91 Å². The summed E-state index contributed by atoms with van der Waals surface area (Å²) in [6, 6.07) is 16.9. The number of imidazole rings is 1. The fourth-order valence-corrected chi connectivity index (χ4v) is 2.62. The molecule has 26 heavy (non-hydrogen) atoms. The Morgan fingerprint density at radius 3 is 2.62 bits per heavy atom. The quantitative estimate of drug-likeness (QED) is 0.608. The van der Waals surface area contributed by atoms with Gasteiger partial charge in [-0.2, -0.15) is 0 Å². The topological polar surface area (TPSA) is 56.1 Å². The monoisotopic (exact) mass is 369 g/mol. The Morgan fingerprint density at radius 1 is 1.08 bits per heavy atom. The van der Waals surface area contributed by atoms with Crippen LogP contribution in [0.2, 0.25) is 5.02 Å². The molecule has 0 saturated carbocycles. The summed E-state index contributed by atoms with van der Waals surface area (Å²) in [5, 5.41) is 3.62. The molecular formula is C20H20ClN3O2. The van der Waals surface area contributed by atoms with E-state index in [0.717, 1.165) is 24.3 Å². The van der Waals surface area contributed by atoms with Crippen LogP contribution in [0.15, 0.2) is 67.1 Å². The molecule has 2 aromatic carbocycles. The molecule has 0 atom stereocenters. The second kappa shape index (κ2) is 9.06. The summed E-state index contributed by atoms with van der Waals surface area (Å²) in [5.41, 5.74) is 1.43. The van der Waals surface area contributed by atoms with Crippen molar-refractivity contribution in [3.8, 4) is 11.4 Å². The zero-order valence-corrected chi connectivity index (χ0v) is 15.0.